The van der Waals surface area contributed by atoms with Gasteiger partial charge in [0.05, 0.1) is 6.10 Å². The van der Waals surface area contributed by atoms with Gasteiger partial charge in [-0.25, -0.2) is 0 Å². The first-order valence-electron chi connectivity index (χ1n) is 6.52. The van der Waals surface area contributed by atoms with Crippen LogP contribution in [0.3, 0.4) is 0 Å². The molecule has 0 spiro atoms. The van der Waals surface area contributed by atoms with E-state index in [-0.39, 0.29) is 6.10 Å². The topological polar surface area (TPSA) is 32.3 Å². The molecule has 0 bridgehead atoms. The quantitative estimate of drug-likeness (QED) is 0.789. The fourth-order valence-electron chi connectivity index (χ4n) is 2.57. The molecule has 1 aromatic carbocycles. The zero-order valence-electron chi connectivity index (χ0n) is 10.3. The zero-order valence-corrected chi connectivity index (χ0v) is 13.5. The minimum atomic E-state index is -0.247. The maximum absolute atomic E-state index is 10.0. The van der Waals surface area contributed by atoms with Crippen LogP contribution in [0.25, 0.3) is 0 Å². The summed E-state index contributed by atoms with van der Waals surface area (Å²) in [7, 11) is 0. The molecule has 0 amide bonds. The second-order valence-corrected chi connectivity index (χ2v) is 6.82. The minimum absolute atomic E-state index is 0.247. The first-order valence-corrected chi connectivity index (χ1v) is 8.10. The Morgan fingerprint density at radius 3 is 2.67 bits per heavy atom. The van der Waals surface area contributed by atoms with Gasteiger partial charge in [0.25, 0.3) is 0 Å². The summed E-state index contributed by atoms with van der Waals surface area (Å²) in [4.78, 5) is 0. The van der Waals surface area contributed by atoms with Crippen LogP contribution in [0.5, 0.6) is 0 Å². The van der Waals surface area contributed by atoms with E-state index in [4.69, 9.17) is 0 Å². The second-order valence-electron chi connectivity index (χ2n) is 5.05. The van der Waals surface area contributed by atoms with E-state index in [1.54, 1.807) is 0 Å². The lowest BCUT2D eigenvalue weighted by molar-refractivity contribution is 0.155. The van der Waals surface area contributed by atoms with Gasteiger partial charge >= 0.3 is 0 Å². The third kappa shape index (κ3) is 4.25. The van der Waals surface area contributed by atoms with Gasteiger partial charge in [-0.1, -0.05) is 41.6 Å². The first-order chi connectivity index (χ1) is 8.65. The van der Waals surface area contributed by atoms with Crippen molar-refractivity contribution in [2.24, 2.45) is 5.92 Å². The number of nitrogens with one attached hydrogen (secondary N) is 1. The Bertz CT molecular complexity index is 391. The lowest BCUT2D eigenvalue weighted by Crippen LogP contribution is -2.22. The van der Waals surface area contributed by atoms with Crippen LogP contribution < -0.4 is 5.32 Å². The molecular weight excluding hydrogens is 358 g/mol. The van der Waals surface area contributed by atoms with Gasteiger partial charge in [-0.2, -0.15) is 0 Å². The summed E-state index contributed by atoms with van der Waals surface area (Å²) in [5.74, 6) is 0.732. The highest BCUT2D eigenvalue weighted by molar-refractivity contribution is 9.11. The standard InChI is InChI=1S/C14H19Br2NO/c15-11-5-6-14(13(16)8-11)17-9-12(18)7-10-3-1-2-4-10/h5-6,8,10,12,17-18H,1-4,7,9H2. The summed E-state index contributed by atoms with van der Waals surface area (Å²) in [5, 5.41) is 13.3. The molecule has 2 N–H and O–H groups in total. The van der Waals surface area contributed by atoms with E-state index in [1.807, 2.05) is 18.2 Å². The molecular formula is C14H19Br2NO. The normalized spacial score (nSPS) is 17.9. The number of aliphatic hydroxyl groups is 1. The van der Waals surface area contributed by atoms with E-state index >= 15 is 0 Å². The monoisotopic (exact) mass is 375 g/mol. The van der Waals surface area contributed by atoms with Crippen LogP contribution in [-0.2, 0) is 0 Å². The van der Waals surface area contributed by atoms with Crippen LogP contribution >= 0.6 is 31.9 Å². The second kappa shape index (κ2) is 6.92. The summed E-state index contributed by atoms with van der Waals surface area (Å²) in [6, 6.07) is 6.01. The van der Waals surface area contributed by atoms with Crippen LogP contribution in [-0.4, -0.2) is 17.8 Å². The Hall–Kier alpha value is -0.0600. The molecule has 1 atom stereocenters. The largest absolute Gasteiger partial charge is 0.391 e. The summed E-state index contributed by atoms with van der Waals surface area (Å²) in [6.07, 6.45) is 5.94. The van der Waals surface area contributed by atoms with E-state index in [9.17, 15) is 5.11 Å². The van der Waals surface area contributed by atoms with Gasteiger partial charge in [0.2, 0.25) is 0 Å². The van der Waals surface area contributed by atoms with Gasteiger partial charge < -0.3 is 10.4 Å². The van der Waals surface area contributed by atoms with Crippen molar-refractivity contribution in [3.63, 3.8) is 0 Å². The average Bonchev–Trinajstić information content (AvgIpc) is 2.80. The lowest BCUT2D eigenvalue weighted by atomic mass is 10.00. The number of halogens is 2. The van der Waals surface area contributed by atoms with Gasteiger partial charge in [0, 0.05) is 21.2 Å². The molecule has 0 heterocycles. The fraction of sp³-hybridized carbons (Fsp3) is 0.571. The molecule has 0 radical (unpaired) electrons. The minimum Gasteiger partial charge on any atom is -0.391 e. The number of hydrogen-bond donors (Lipinski definition) is 2. The highest BCUT2D eigenvalue weighted by Crippen LogP contribution is 2.29. The third-order valence-electron chi connectivity index (χ3n) is 3.54. The third-order valence-corrected chi connectivity index (χ3v) is 4.69. The Kier molecular flexibility index (Phi) is 5.52. The number of benzene rings is 1. The average molecular weight is 377 g/mol. The van der Waals surface area contributed by atoms with Gasteiger partial charge in [0.15, 0.2) is 0 Å². The van der Waals surface area contributed by atoms with Crippen molar-refractivity contribution in [3.05, 3.63) is 27.1 Å². The molecule has 0 aliphatic heterocycles. The van der Waals surface area contributed by atoms with Gasteiger partial charge in [-0.3, -0.25) is 0 Å². The Balaban J connectivity index is 1.79. The predicted octanol–water partition coefficient (Wildman–Crippen LogP) is 4.56. The number of rotatable bonds is 5. The van der Waals surface area contributed by atoms with Crippen molar-refractivity contribution in [3.8, 4) is 0 Å². The Labute approximate surface area is 125 Å². The van der Waals surface area contributed by atoms with E-state index < -0.39 is 0 Å². The van der Waals surface area contributed by atoms with Gasteiger partial charge in [0.1, 0.15) is 0 Å². The molecule has 2 nitrogen and oxygen atoms in total. The van der Waals surface area contributed by atoms with Crippen LogP contribution in [0.4, 0.5) is 5.69 Å². The van der Waals surface area contributed by atoms with Crippen LogP contribution in [0.15, 0.2) is 27.1 Å². The van der Waals surface area contributed by atoms with Crippen molar-refractivity contribution in [1.29, 1.82) is 0 Å². The number of anilines is 1. The smallest absolute Gasteiger partial charge is 0.0715 e. The molecule has 18 heavy (non-hydrogen) atoms. The SMILES string of the molecule is OC(CNc1ccc(Br)cc1Br)CC1CCCC1. The molecule has 0 saturated heterocycles. The van der Waals surface area contributed by atoms with Crippen molar-refractivity contribution in [2.75, 3.05) is 11.9 Å². The van der Waals surface area contributed by atoms with Gasteiger partial charge in [-0.05, 0) is 46.5 Å². The fourth-order valence-corrected chi connectivity index (χ4v) is 3.76. The molecule has 100 valence electrons. The number of aliphatic hydroxyl groups excluding tert-OH is 1. The molecule has 1 aliphatic carbocycles. The van der Waals surface area contributed by atoms with E-state index in [0.717, 1.165) is 27.0 Å². The summed E-state index contributed by atoms with van der Waals surface area (Å²) >= 11 is 6.94. The highest BCUT2D eigenvalue weighted by Gasteiger charge is 2.18. The maximum Gasteiger partial charge on any atom is 0.0715 e. The van der Waals surface area contributed by atoms with E-state index in [2.05, 4.69) is 37.2 Å². The molecule has 2 rings (SSSR count). The van der Waals surface area contributed by atoms with Gasteiger partial charge in [-0.15, -0.1) is 0 Å². The molecule has 1 fully saturated rings. The Morgan fingerprint density at radius 2 is 2.00 bits per heavy atom. The van der Waals surface area contributed by atoms with Crippen LogP contribution in [0.1, 0.15) is 32.1 Å². The molecule has 0 aromatic heterocycles. The molecule has 4 heteroatoms. The van der Waals surface area contributed by atoms with Crippen LogP contribution in [0, 0.1) is 5.92 Å². The Morgan fingerprint density at radius 1 is 1.28 bits per heavy atom. The zero-order chi connectivity index (χ0) is 13.0. The van der Waals surface area contributed by atoms with Crippen LogP contribution in [0.2, 0.25) is 0 Å². The molecule has 1 aromatic rings. The summed E-state index contributed by atoms with van der Waals surface area (Å²) < 4.78 is 2.07. The summed E-state index contributed by atoms with van der Waals surface area (Å²) in [6.45, 7) is 0.622. The molecule has 1 unspecified atom stereocenters. The van der Waals surface area contributed by atoms with Crippen molar-refractivity contribution < 1.29 is 5.11 Å². The number of hydrogen-bond acceptors (Lipinski definition) is 2. The molecule has 1 aliphatic rings. The summed E-state index contributed by atoms with van der Waals surface area (Å²) in [5.41, 5.74) is 1.03. The lowest BCUT2D eigenvalue weighted by Gasteiger charge is -2.17. The van der Waals surface area contributed by atoms with Crippen molar-refractivity contribution in [2.45, 2.75) is 38.2 Å². The van der Waals surface area contributed by atoms with E-state index in [1.165, 1.54) is 25.7 Å². The highest BCUT2D eigenvalue weighted by atomic mass is 79.9. The van der Waals surface area contributed by atoms with Crippen molar-refractivity contribution >= 4 is 37.5 Å². The first kappa shape index (κ1) is 14.4. The van der Waals surface area contributed by atoms with E-state index in [0.29, 0.717) is 6.54 Å². The van der Waals surface area contributed by atoms with Crippen molar-refractivity contribution in [1.82, 2.24) is 0 Å². The predicted molar refractivity (Wildman–Crippen MR) is 82.9 cm³/mol. The molecule has 1 saturated carbocycles. The maximum atomic E-state index is 10.0.